The quantitative estimate of drug-likeness (QED) is 0.819. The molecule has 3 heteroatoms. The summed E-state index contributed by atoms with van der Waals surface area (Å²) >= 11 is 0. The maximum absolute atomic E-state index is 5.51. The van der Waals surface area contributed by atoms with Crippen molar-refractivity contribution in [1.29, 1.82) is 0 Å². The molecule has 1 fully saturated rings. The largest absolute Gasteiger partial charge is 0.381 e. The molecule has 2 heterocycles. The maximum Gasteiger partial charge on any atom is 0.0582 e. The molecule has 0 N–H and O–H groups in total. The lowest BCUT2D eigenvalue weighted by Gasteiger charge is -2.18. The molecule has 0 bridgehead atoms. The normalized spacial score (nSPS) is 20.0. The Morgan fingerprint density at radius 2 is 2.17 bits per heavy atom. The number of rotatable bonds is 4. The van der Waals surface area contributed by atoms with Crippen molar-refractivity contribution in [1.82, 2.24) is 9.88 Å². The van der Waals surface area contributed by atoms with E-state index in [1.807, 2.05) is 0 Å². The molecule has 0 aromatic carbocycles. The maximum atomic E-state index is 5.51. The predicted molar refractivity (Wildman–Crippen MR) is 73.9 cm³/mol. The van der Waals surface area contributed by atoms with Crippen LogP contribution >= 0.6 is 0 Å². The zero-order valence-corrected chi connectivity index (χ0v) is 11.9. The topological polar surface area (TPSA) is 25.4 Å². The Morgan fingerprint density at radius 1 is 1.39 bits per heavy atom. The van der Waals surface area contributed by atoms with E-state index in [4.69, 9.17) is 9.72 Å². The van der Waals surface area contributed by atoms with Gasteiger partial charge in [0.1, 0.15) is 0 Å². The first kappa shape index (κ1) is 13.5. The van der Waals surface area contributed by atoms with E-state index in [1.165, 1.54) is 17.0 Å². The van der Waals surface area contributed by atoms with E-state index in [2.05, 4.69) is 45.0 Å². The van der Waals surface area contributed by atoms with Crippen molar-refractivity contribution in [3.8, 4) is 0 Å². The lowest BCUT2D eigenvalue weighted by atomic mass is 9.95. The summed E-state index contributed by atoms with van der Waals surface area (Å²) in [5.74, 6) is 1.02. The summed E-state index contributed by atoms with van der Waals surface area (Å²) in [7, 11) is 4.19. The highest BCUT2D eigenvalue weighted by molar-refractivity contribution is 5.28. The van der Waals surface area contributed by atoms with Gasteiger partial charge in [0.05, 0.1) is 12.3 Å². The molecule has 1 unspecified atom stereocenters. The second-order valence-corrected chi connectivity index (χ2v) is 5.73. The number of hydrogen-bond donors (Lipinski definition) is 0. The first-order valence-corrected chi connectivity index (χ1v) is 6.80. The second-order valence-electron chi connectivity index (χ2n) is 5.73. The van der Waals surface area contributed by atoms with E-state index in [-0.39, 0.29) is 0 Å². The average molecular weight is 248 g/mol. The lowest BCUT2D eigenvalue weighted by Crippen LogP contribution is -2.16. The summed E-state index contributed by atoms with van der Waals surface area (Å²) in [6, 6.07) is 4.44. The van der Waals surface area contributed by atoms with Crippen molar-refractivity contribution in [2.75, 3.05) is 27.3 Å². The fourth-order valence-electron chi connectivity index (χ4n) is 2.43. The van der Waals surface area contributed by atoms with E-state index >= 15 is 0 Å². The molecule has 0 spiro atoms. The standard InChI is InChI=1S/C15H24N2O/c1-11(2)14-6-5-13(12-7-8-18-10-12)15(16-14)9-17(3)4/h5-6,11-12H,7-10H2,1-4H3. The summed E-state index contributed by atoms with van der Waals surface area (Å²) < 4.78 is 5.51. The van der Waals surface area contributed by atoms with Gasteiger partial charge in [-0.3, -0.25) is 4.98 Å². The van der Waals surface area contributed by atoms with Crippen molar-refractivity contribution in [3.63, 3.8) is 0 Å². The monoisotopic (exact) mass is 248 g/mol. The predicted octanol–water partition coefficient (Wildman–Crippen LogP) is 2.77. The molecular weight excluding hydrogens is 224 g/mol. The Labute approximate surface area is 110 Å². The van der Waals surface area contributed by atoms with Crippen LogP contribution in [0.5, 0.6) is 0 Å². The van der Waals surface area contributed by atoms with Gasteiger partial charge in [-0.1, -0.05) is 19.9 Å². The lowest BCUT2D eigenvalue weighted by molar-refractivity contribution is 0.193. The molecule has 0 radical (unpaired) electrons. The van der Waals surface area contributed by atoms with Crippen LogP contribution in [0.1, 0.15) is 49.1 Å². The molecule has 1 aromatic rings. The van der Waals surface area contributed by atoms with Crippen LogP contribution in [-0.2, 0) is 11.3 Å². The van der Waals surface area contributed by atoms with Gasteiger partial charge >= 0.3 is 0 Å². The van der Waals surface area contributed by atoms with Gasteiger partial charge in [0.25, 0.3) is 0 Å². The van der Waals surface area contributed by atoms with Crippen LogP contribution in [0.4, 0.5) is 0 Å². The Hall–Kier alpha value is -0.930. The van der Waals surface area contributed by atoms with Crippen LogP contribution in [0.25, 0.3) is 0 Å². The van der Waals surface area contributed by atoms with Gasteiger partial charge in [0, 0.05) is 24.8 Å². The van der Waals surface area contributed by atoms with Gasteiger partial charge in [-0.2, -0.15) is 0 Å². The highest BCUT2D eigenvalue weighted by atomic mass is 16.5. The summed E-state index contributed by atoms with van der Waals surface area (Å²) in [5, 5.41) is 0. The van der Waals surface area contributed by atoms with Crippen LogP contribution in [0.15, 0.2) is 12.1 Å². The van der Waals surface area contributed by atoms with Gasteiger partial charge in [-0.05, 0) is 38.1 Å². The number of nitrogens with zero attached hydrogens (tertiary/aromatic N) is 2. The van der Waals surface area contributed by atoms with E-state index in [0.29, 0.717) is 11.8 Å². The van der Waals surface area contributed by atoms with Crippen molar-refractivity contribution in [2.45, 2.75) is 38.6 Å². The molecule has 0 saturated carbocycles. The van der Waals surface area contributed by atoms with E-state index in [1.54, 1.807) is 0 Å². The Morgan fingerprint density at radius 3 is 2.72 bits per heavy atom. The first-order chi connectivity index (χ1) is 8.58. The van der Waals surface area contributed by atoms with Crippen LogP contribution in [-0.4, -0.2) is 37.2 Å². The summed E-state index contributed by atoms with van der Waals surface area (Å²) in [5.41, 5.74) is 3.79. The van der Waals surface area contributed by atoms with E-state index < -0.39 is 0 Å². The third-order valence-electron chi connectivity index (χ3n) is 3.46. The zero-order valence-electron chi connectivity index (χ0n) is 11.9. The number of ether oxygens (including phenoxy) is 1. The van der Waals surface area contributed by atoms with Crippen molar-refractivity contribution in [3.05, 3.63) is 29.1 Å². The second kappa shape index (κ2) is 5.81. The minimum absolute atomic E-state index is 0.486. The van der Waals surface area contributed by atoms with Crippen molar-refractivity contribution >= 4 is 0 Å². The molecule has 1 aliphatic heterocycles. The molecule has 1 aromatic heterocycles. The van der Waals surface area contributed by atoms with Gasteiger partial charge in [-0.15, -0.1) is 0 Å². The molecular formula is C15H24N2O. The van der Waals surface area contributed by atoms with Crippen LogP contribution in [0, 0.1) is 0 Å². The summed E-state index contributed by atoms with van der Waals surface area (Å²) in [4.78, 5) is 7.05. The highest BCUT2D eigenvalue weighted by Crippen LogP contribution is 2.29. The van der Waals surface area contributed by atoms with E-state index in [0.717, 1.165) is 26.2 Å². The van der Waals surface area contributed by atoms with E-state index in [9.17, 15) is 0 Å². The Bertz CT molecular complexity index is 395. The Balaban J connectivity index is 2.31. The van der Waals surface area contributed by atoms with Gasteiger partial charge in [-0.25, -0.2) is 0 Å². The SMILES string of the molecule is CC(C)c1ccc(C2CCOC2)c(CN(C)C)n1. The Kier molecular flexibility index (Phi) is 4.36. The summed E-state index contributed by atoms with van der Waals surface area (Å²) in [6.07, 6.45) is 1.13. The van der Waals surface area contributed by atoms with Crippen LogP contribution in [0.3, 0.4) is 0 Å². The van der Waals surface area contributed by atoms with Crippen LogP contribution < -0.4 is 0 Å². The number of aromatic nitrogens is 1. The highest BCUT2D eigenvalue weighted by Gasteiger charge is 2.22. The molecule has 2 rings (SSSR count). The van der Waals surface area contributed by atoms with Gasteiger partial charge in [0.15, 0.2) is 0 Å². The molecule has 1 atom stereocenters. The number of pyridine rings is 1. The fraction of sp³-hybridized carbons (Fsp3) is 0.667. The third kappa shape index (κ3) is 3.09. The fourth-order valence-corrected chi connectivity index (χ4v) is 2.43. The van der Waals surface area contributed by atoms with Crippen LogP contribution in [0.2, 0.25) is 0 Å². The zero-order chi connectivity index (χ0) is 13.1. The minimum Gasteiger partial charge on any atom is -0.381 e. The molecule has 100 valence electrons. The van der Waals surface area contributed by atoms with Gasteiger partial charge < -0.3 is 9.64 Å². The molecule has 0 amide bonds. The molecule has 1 aliphatic rings. The van der Waals surface area contributed by atoms with Crippen molar-refractivity contribution < 1.29 is 4.74 Å². The molecule has 3 nitrogen and oxygen atoms in total. The number of hydrogen-bond acceptors (Lipinski definition) is 3. The molecule has 18 heavy (non-hydrogen) atoms. The summed E-state index contributed by atoms with van der Waals surface area (Å²) in [6.45, 7) is 7.04. The van der Waals surface area contributed by atoms with Gasteiger partial charge in [0.2, 0.25) is 0 Å². The minimum atomic E-state index is 0.486. The molecule has 0 aliphatic carbocycles. The van der Waals surface area contributed by atoms with Crippen molar-refractivity contribution in [2.24, 2.45) is 0 Å². The third-order valence-corrected chi connectivity index (χ3v) is 3.46. The smallest absolute Gasteiger partial charge is 0.0582 e. The molecule has 1 saturated heterocycles. The average Bonchev–Trinajstić information content (AvgIpc) is 2.81. The first-order valence-electron chi connectivity index (χ1n) is 6.80.